The maximum Gasteiger partial charge on any atom is 0.315 e. The van der Waals surface area contributed by atoms with E-state index in [4.69, 9.17) is 5.73 Å². The number of primary amides is 1. The molecule has 2 amide bonds. The zero-order valence-electron chi connectivity index (χ0n) is 11.4. The molecule has 4 heteroatoms. The Morgan fingerprint density at radius 2 is 2.11 bits per heavy atom. The first-order valence-corrected chi connectivity index (χ1v) is 6.99. The topological polar surface area (TPSA) is 49.6 Å². The van der Waals surface area contributed by atoms with Crippen molar-refractivity contribution in [3.05, 3.63) is 35.4 Å². The van der Waals surface area contributed by atoms with Gasteiger partial charge in [0.05, 0.1) is 6.04 Å². The highest BCUT2D eigenvalue weighted by Gasteiger charge is 2.37. The summed E-state index contributed by atoms with van der Waals surface area (Å²) in [6, 6.07) is 8.36. The number of nitrogens with two attached hydrogens (primary N) is 1. The van der Waals surface area contributed by atoms with Crippen LogP contribution in [-0.2, 0) is 6.42 Å². The van der Waals surface area contributed by atoms with E-state index < -0.39 is 0 Å². The maximum absolute atomic E-state index is 11.7. The van der Waals surface area contributed by atoms with E-state index in [1.807, 2.05) is 4.90 Å². The fourth-order valence-electron chi connectivity index (χ4n) is 3.58. The first-order chi connectivity index (χ1) is 9.16. The average molecular weight is 259 g/mol. The highest BCUT2D eigenvalue weighted by Crippen LogP contribution is 2.38. The van der Waals surface area contributed by atoms with E-state index in [0.717, 1.165) is 32.5 Å². The minimum absolute atomic E-state index is 0.160. The van der Waals surface area contributed by atoms with E-state index in [9.17, 15) is 4.79 Å². The quantitative estimate of drug-likeness (QED) is 0.833. The van der Waals surface area contributed by atoms with E-state index in [-0.39, 0.29) is 12.1 Å². The highest BCUT2D eigenvalue weighted by molar-refractivity contribution is 5.73. The van der Waals surface area contributed by atoms with Gasteiger partial charge in [0.15, 0.2) is 0 Å². The van der Waals surface area contributed by atoms with Crippen LogP contribution in [0, 0.1) is 5.92 Å². The van der Waals surface area contributed by atoms with Crippen molar-refractivity contribution < 1.29 is 4.79 Å². The molecule has 1 aromatic rings. The largest absolute Gasteiger partial charge is 0.351 e. The van der Waals surface area contributed by atoms with Gasteiger partial charge < -0.3 is 15.5 Å². The van der Waals surface area contributed by atoms with Crippen LogP contribution < -0.4 is 5.73 Å². The third-order valence-electron chi connectivity index (χ3n) is 4.49. The number of urea groups is 1. The Balaban J connectivity index is 1.97. The van der Waals surface area contributed by atoms with Crippen LogP contribution in [-0.4, -0.2) is 42.5 Å². The number of rotatable bonds is 1. The number of carbonyl (C=O) groups is 1. The molecule has 2 atom stereocenters. The summed E-state index contributed by atoms with van der Waals surface area (Å²) in [5.74, 6) is 0.499. The molecule has 102 valence electrons. The van der Waals surface area contributed by atoms with Crippen LogP contribution in [0.15, 0.2) is 24.3 Å². The number of carbonyl (C=O) groups excluding carboxylic acids is 1. The normalized spacial score (nSPS) is 27.3. The van der Waals surface area contributed by atoms with E-state index in [1.54, 1.807) is 0 Å². The Hall–Kier alpha value is -1.55. The summed E-state index contributed by atoms with van der Waals surface area (Å²) in [5.41, 5.74) is 8.26. The Morgan fingerprint density at radius 3 is 2.79 bits per heavy atom. The molecule has 2 aliphatic heterocycles. The van der Waals surface area contributed by atoms with Gasteiger partial charge in [-0.1, -0.05) is 24.3 Å². The van der Waals surface area contributed by atoms with E-state index >= 15 is 0 Å². The minimum Gasteiger partial charge on any atom is -0.351 e. The lowest BCUT2D eigenvalue weighted by Gasteiger charge is -2.39. The molecule has 0 spiro atoms. The molecule has 1 fully saturated rings. The van der Waals surface area contributed by atoms with Crippen molar-refractivity contribution in [2.75, 3.05) is 26.7 Å². The Labute approximate surface area is 114 Å². The van der Waals surface area contributed by atoms with E-state index in [1.165, 1.54) is 11.1 Å². The van der Waals surface area contributed by atoms with E-state index in [0.29, 0.717) is 5.92 Å². The van der Waals surface area contributed by atoms with Crippen LogP contribution in [0.3, 0.4) is 0 Å². The van der Waals surface area contributed by atoms with Gasteiger partial charge in [-0.05, 0) is 43.5 Å². The molecule has 0 aromatic heterocycles. The van der Waals surface area contributed by atoms with Gasteiger partial charge in [-0.2, -0.15) is 0 Å². The second-order valence-electron chi connectivity index (χ2n) is 5.74. The van der Waals surface area contributed by atoms with Gasteiger partial charge in [0.25, 0.3) is 0 Å². The van der Waals surface area contributed by atoms with Crippen molar-refractivity contribution >= 4 is 6.03 Å². The smallest absolute Gasteiger partial charge is 0.315 e. The van der Waals surface area contributed by atoms with Crippen LogP contribution in [0.4, 0.5) is 4.79 Å². The van der Waals surface area contributed by atoms with Gasteiger partial charge >= 0.3 is 6.03 Å². The van der Waals surface area contributed by atoms with Crippen molar-refractivity contribution in [1.29, 1.82) is 0 Å². The van der Waals surface area contributed by atoms with Crippen molar-refractivity contribution in [2.24, 2.45) is 11.7 Å². The van der Waals surface area contributed by atoms with Gasteiger partial charge in [-0.15, -0.1) is 0 Å². The van der Waals surface area contributed by atoms with Crippen molar-refractivity contribution in [3.63, 3.8) is 0 Å². The highest BCUT2D eigenvalue weighted by atomic mass is 16.2. The molecule has 1 aromatic carbocycles. The molecule has 19 heavy (non-hydrogen) atoms. The molecule has 0 aliphatic carbocycles. The zero-order valence-corrected chi connectivity index (χ0v) is 11.4. The van der Waals surface area contributed by atoms with Crippen LogP contribution in [0.2, 0.25) is 0 Å². The lowest BCUT2D eigenvalue weighted by molar-refractivity contribution is 0.148. The lowest BCUT2D eigenvalue weighted by Crippen LogP contribution is -2.46. The fraction of sp³-hybridized carbons (Fsp3) is 0.533. The monoisotopic (exact) mass is 259 g/mol. The number of hydrogen-bond acceptors (Lipinski definition) is 2. The van der Waals surface area contributed by atoms with Crippen LogP contribution >= 0.6 is 0 Å². The molecule has 0 bridgehead atoms. The molecular formula is C15H21N3O. The number of likely N-dealkylation sites (tertiary alicyclic amines) is 1. The first-order valence-electron chi connectivity index (χ1n) is 6.99. The molecule has 2 aliphatic rings. The van der Waals surface area contributed by atoms with Gasteiger partial charge in [0.2, 0.25) is 0 Å². The van der Waals surface area contributed by atoms with Gasteiger partial charge in [0.1, 0.15) is 0 Å². The molecule has 0 radical (unpaired) electrons. The SMILES string of the molecule is CN1CC[C@H](C2c3ccccc3CCN2C(N)=O)C1. The summed E-state index contributed by atoms with van der Waals surface area (Å²) < 4.78 is 0. The molecule has 2 heterocycles. The molecule has 1 saturated heterocycles. The Morgan fingerprint density at radius 1 is 1.32 bits per heavy atom. The van der Waals surface area contributed by atoms with Crippen LogP contribution in [0.5, 0.6) is 0 Å². The van der Waals surface area contributed by atoms with Gasteiger partial charge in [-0.3, -0.25) is 0 Å². The lowest BCUT2D eigenvalue weighted by atomic mass is 9.84. The summed E-state index contributed by atoms with van der Waals surface area (Å²) >= 11 is 0. The first kappa shape index (κ1) is 12.5. The predicted octanol–water partition coefficient (Wildman–Crippen LogP) is 1.62. The summed E-state index contributed by atoms with van der Waals surface area (Å²) in [5, 5.41) is 0. The van der Waals surface area contributed by atoms with Crippen LogP contribution in [0.1, 0.15) is 23.6 Å². The summed E-state index contributed by atoms with van der Waals surface area (Å²) in [6.45, 7) is 2.90. The van der Waals surface area contributed by atoms with Crippen LogP contribution in [0.25, 0.3) is 0 Å². The zero-order chi connectivity index (χ0) is 13.4. The second-order valence-corrected chi connectivity index (χ2v) is 5.74. The third-order valence-corrected chi connectivity index (χ3v) is 4.49. The number of amides is 2. The van der Waals surface area contributed by atoms with Crippen molar-refractivity contribution in [1.82, 2.24) is 9.80 Å². The van der Waals surface area contributed by atoms with Gasteiger partial charge in [-0.25, -0.2) is 4.79 Å². The maximum atomic E-state index is 11.7. The van der Waals surface area contributed by atoms with Crippen molar-refractivity contribution in [3.8, 4) is 0 Å². The molecular weight excluding hydrogens is 238 g/mol. The summed E-state index contributed by atoms with van der Waals surface area (Å²) in [4.78, 5) is 15.9. The number of benzene rings is 1. The standard InChI is InChI=1S/C15H21N3O/c1-17-8-6-12(10-17)14-13-5-3-2-4-11(13)7-9-18(14)15(16)19/h2-5,12,14H,6-10H2,1H3,(H2,16,19)/t12-,14?/m0/s1. The molecule has 2 N–H and O–H groups in total. The summed E-state index contributed by atoms with van der Waals surface area (Å²) in [6.07, 6.45) is 2.05. The average Bonchev–Trinajstić information content (AvgIpc) is 2.83. The number of fused-ring (bicyclic) bond motifs is 1. The van der Waals surface area contributed by atoms with Gasteiger partial charge in [0, 0.05) is 13.1 Å². The van der Waals surface area contributed by atoms with E-state index in [2.05, 4.69) is 36.2 Å². The predicted molar refractivity (Wildman–Crippen MR) is 74.8 cm³/mol. The minimum atomic E-state index is -0.283. The summed E-state index contributed by atoms with van der Waals surface area (Å²) in [7, 11) is 2.14. The second kappa shape index (κ2) is 4.85. The third kappa shape index (κ3) is 2.21. The molecule has 1 unspecified atom stereocenters. The molecule has 3 rings (SSSR count). The Kier molecular flexibility index (Phi) is 3.19. The Bertz CT molecular complexity index is 488. The molecule has 0 saturated carbocycles. The number of hydrogen-bond donors (Lipinski definition) is 1. The fourth-order valence-corrected chi connectivity index (χ4v) is 3.58. The molecule has 4 nitrogen and oxygen atoms in total. The van der Waals surface area contributed by atoms with Crippen molar-refractivity contribution in [2.45, 2.75) is 18.9 Å². The number of nitrogens with zero attached hydrogens (tertiary/aromatic N) is 2.